The lowest BCUT2D eigenvalue weighted by molar-refractivity contribution is -0.145. The lowest BCUT2D eigenvalue weighted by Gasteiger charge is -2.06. The molecule has 0 aliphatic carbocycles. The Balaban J connectivity index is 3.10. The first-order valence-electron chi connectivity index (χ1n) is 7.62. The molecule has 19 heavy (non-hydrogen) atoms. The zero-order valence-electron chi connectivity index (χ0n) is 12.6. The number of esters is 1. The van der Waals surface area contributed by atoms with Crippen LogP contribution in [0.4, 0.5) is 0 Å². The minimum absolute atomic E-state index is 0.112. The number of ether oxygens (including phenoxy) is 3. The van der Waals surface area contributed by atoms with Crippen molar-refractivity contribution in [1.29, 1.82) is 0 Å². The highest BCUT2D eigenvalue weighted by Crippen LogP contribution is 2.03. The molecular formula is C15H30O4. The lowest BCUT2D eigenvalue weighted by atomic mass is 10.2. The summed E-state index contributed by atoms with van der Waals surface area (Å²) in [5.41, 5.74) is 0. The third-order valence-corrected chi connectivity index (χ3v) is 2.74. The molecule has 0 aromatic carbocycles. The third-order valence-electron chi connectivity index (χ3n) is 2.74. The van der Waals surface area contributed by atoms with Gasteiger partial charge in [0.2, 0.25) is 0 Å². The van der Waals surface area contributed by atoms with Gasteiger partial charge >= 0.3 is 5.97 Å². The van der Waals surface area contributed by atoms with E-state index in [1.165, 1.54) is 12.8 Å². The molecule has 0 unspecified atom stereocenters. The van der Waals surface area contributed by atoms with Gasteiger partial charge in [0.25, 0.3) is 0 Å². The van der Waals surface area contributed by atoms with E-state index < -0.39 is 0 Å². The summed E-state index contributed by atoms with van der Waals surface area (Å²) in [4.78, 5) is 11.3. The molecule has 0 heterocycles. The quantitative estimate of drug-likeness (QED) is 0.360. The fourth-order valence-corrected chi connectivity index (χ4v) is 1.55. The van der Waals surface area contributed by atoms with Crippen molar-refractivity contribution in [1.82, 2.24) is 0 Å². The van der Waals surface area contributed by atoms with E-state index in [1.54, 1.807) is 0 Å². The van der Waals surface area contributed by atoms with E-state index in [9.17, 15) is 4.79 Å². The standard InChI is InChI=1S/C15H30O4/c1-3-5-7-8-9-15(16)19-14-13-18-12-11-17-10-6-4-2/h3-14H2,1-2H3. The molecule has 0 fully saturated rings. The molecule has 0 N–H and O–H groups in total. The molecule has 0 aliphatic heterocycles. The third kappa shape index (κ3) is 15.3. The van der Waals surface area contributed by atoms with Gasteiger partial charge in [0.1, 0.15) is 6.61 Å². The van der Waals surface area contributed by atoms with Gasteiger partial charge in [0, 0.05) is 13.0 Å². The van der Waals surface area contributed by atoms with Gasteiger partial charge in [-0.1, -0.05) is 39.5 Å². The first kappa shape index (κ1) is 18.4. The monoisotopic (exact) mass is 274 g/mol. The van der Waals surface area contributed by atoms with Crippen LogP contribution in [0.3, 0.4) is 0 Å². The van der Waals surface area contributed by atoms with E-state index in [2.05, 4.69) is 13.8 Å². The van der Waals surface area contributed by atoms with Crippen molar-refractivity contribution in [3.63, 3.8) is 0 Å². The van der Waals surface area contributed by atoms with Crippen LogP contribution in [0.15, 0.2) is 0 Å². The molecule has 0 aliphatic rings. The number of carbonyl (C=O) groups excluding carboxylic acids is 1. The molecule has 0 spiro atoms. The van der Waals surface area contributed by atoms with Gasteiger partial charge in [-0.2, -0.15) is 0 Å². The largest absolute Gasteiger partial charge is 0.463 e. The molecule has 0 radical (unpaired) electrons. The van der Waals surface area contributed by atoms with Crippen LogP contribution in [0.25, 0.3) is 0 Å². The second-order valence-corrected chi connectivity index (χ2v) is 4.61. The number of rotatable bonds is 14. The van der Waals surface area contributed by atoms with Gasteiger partial charge in [-0.05, 0) is 12.8 Å². The van der Waals surface area contributed by atoms with Crippen molar-refractivity contribution in [2.45, 2.75) is 58.8 Å². The molecule has 0 atom stereocenters. The summed E-state index contributed by atoms with van der Waals surface area (Å²) in [6.45, 7) is 7.08. The lowest BCUT2D eigenvalue weighted by Crippen LogP contribution is -2.13. The maximum Gasteiger partial charge on any atom is 0.305 e. The van der Waals surface area contributed by atoms with Crippen molar-refractivity contribution >= 4 is 5.97 Å². The van der Waals surface area contributed by atoms with Gasteiger partial charge in [-0.25, -0.2) is 0 Å². The minimum atomic E-state index is -0.112. The fourth-order valence-electron chi connectivity index (χ4n) is 1.55. The number of hydrogen-bond donors (Lipinski definition) is 0. The number of hydrogen-bond acceptors (Lipinski definition) is 4. The molecular weight excluding hydrogens is 244 g/mol. The maximum absolute atomic E-state index is 11.3. The molecule has 0 amide bonds. The Labute approximate surface area is 117 Å². The van der Waals surface area contributed by atoms with Crippen LogP contribution >= 0.6 is 0 Å². The smallest absolute Gasteiger partial charge is 0.305 e. The molecule has 4 heteroatoms. The summed E-state index contributed by atoms with van der Waals surface area (Å²) < 4.78 is 15.7. The summed E-state index contributed by atoms with van der Waals surface area (Å²) in [5, 5.41) is 0. The van der Waals surface area contributed by atoms with E-state index in [0.717, 1.165) is 32.3 Å². The normalized spacial score (nSPS) is 10.6. The molecule has 4 nitrogen and oxygen atoms in total. The Morgan fingerprint density at radius 3 is 2.05 bits per heavy atom. The Morgan fingerprint density at radius 1 is 0.737 bits per heavy atom. The van der Waals surface area contributed by atoms with Crippen LogP contribution in [-0.2, 0) is 19.0 Å². The average molecular weight is 274 g/mol. The van der Waals surface area contributed by atoms with Crippen molar-refractivity contribution in [2.75, 3.05) is 33.0 Å². The van der Waals surface area contributed by atoms with Gasteiger partial charge < -0.3 is 14.2 Å². The summed E-state index contributed by atoms with van der Waals surface area (Å²) in [5.74, 6) is -0.112. The average Bonchev–Trinajstić information content (AvgIpc) is 2.42. The van der Waals surface area contributed by atoms with Gasteiger partial charge in [-0.3, -0.25) is 4.79 Å². The second kappa shape index (κ2) is 15.4. The van der Waals surface area contributed by atoms with E-state index in [-0.39, 0.29) is 5.97 Å². The summed E-state index contributed by atoms with van der Waals surface area (Å²) in [6.07, 6.45) is 7.18. The van der Waals surface area contributed by atoms with Crippen LogP contribution in [0, 0.1) is 0 Å². The predicted octanol–water partition coefficient (Wildman–Crippen LogP) is 3.33. The zero-order chi connectivity index (χ0) is 14.2. The Bertz CT molecular complexity index is 195. The van der Waals surface area contributed by atoms with E-state index >= 15 is 0 Å². The maximum atomic E-state index is 11.3. The first-order valence-corrected chi connectivity index (χ1v) is 7.62. The van der Waals surface area contributed by atoms with Crippen LogP contribution in [-0.4, -0.2) is 39.0 Å². The first-order chi connectivity index (χ1) is 9.31. The summed E-state index contributed by atoms with van der Waals surface area (Å²) in [7, 11) is 0. The van der Waals surface area contributed by atoms with Gasteiger partial charge in [-0.15, -0.1) is 0 Å². The van der Waals surface area contributed by atoms with Crippen LogP contribution in [0.2, 0.25) is 0 Å². The number of carbonyl (C=O) groups is 1. The highest BCUT2D eigenvalue weighted by Gasteiger charge is 2.01. The molecule has 114 valence electrons. The van der Waals surface area contributed by atoms with Crippen molar-refractivity contribution in [2.24, 2.45) is 0 Å². The summed E-state index contributed by atoms with van der Waals surface area (Å²) in [6, 6.07) is 0. The second-order valence-electron chi connectivity index (χ2n) is 4.61. The highest BCUT2D eigenvalue weighted by atomic mass is 16.6. The zero-order valence-corrected chi connectivity index (χ0v) is 12.6. The molecule has 0 saturated heterocycles. The summed E-state index contributed by atoms with van der Waals surface area (Å²) >= 11 is 0. The Morgan fingerprint density at radius 2 is 1.37 bits per heavy atom. The van der Waals surface area contributed by atoms with E-state index in [0.29, 0.717) is 32.8 Å². The minimum Gasteiger partial charge on any atom is -0.463 e. The van der Waals surface area contributed by atoms with Crippen molar-refractivity contribution < 1.29 is 19.0 Å². The van der Waals surface area contributed by atoms with Crippen LogP contribution in [0.1, 0.15) is 58.8 Å². The van der Waals surface area contributed by atoms with Gasteiger partial charge in [0.05, 0.1) is 19.8 Å². The molecule has 0 aromatic heterocycles. The highest BCUT2D eigenvalue weighted by molar-refractivity contribution is 5.69. The van der Waals surface area contributed by atoms with E-state index in [1.807, 2.05) is 0 Å². The fraction of sp³-hybridized carbons (Fsp3) is 0.933. The molecule has 0 bridgehead atoms. The molecule has 0 rings (SSSR count). The number of unbranched alkanes of at least 4 members (excludes halogenated alkanes) is 4. The van der Waals surface area contributed by atoms with Gasteiger partial charge in [0.15, 0.2) is 0 Å². The SMILES string of the molecule is CCCCCCC(=O)OCCOCCOCCCC. The molecule has 0 aromatic rings. The van der Waals surface area contributed by atoms with Crippen LogP contribution in [0.5, 0.6) is 0 Å². The van der Waals surface area contributed by atoms with Crippen molar-refractivity contribution in [3.05, 3.63) is 0 Å². The van der Waals surface area contributed by atoms with Crippen LogP contribution < -0.4 is 0 Å². The van der Waals surface area contributed by atoms with Crippen molar-refractivity contribution in [3.8, 4) is 0 Å². The van der Waals surface area contributed by atoms with E-state index in [4.69, 9.17) is 14.2 Å². The Hall–Kier alpha value is -0.610. The Kier molecular flexibility index (Phi) is 15.0. The molecule has 0 saturated carbocycles. The topological polar surface area (TPSA) is 44.8 Å². The predicted molar refractivity (Wildman–Crippen MR) is 76.3 cm³/mol.